The van der Waals surface area contributed by atoms with E-state index in [1.54, 1.807) is 21.6 Å². The summed E-state index contributed by atoms with van der Waals surface area (Å²) < 4.78 is 3.32. The predicted octanol–water partition coefficient (Wildman–Crippen LogP) is 1.18. The largest absolute Gasteiger partial charge is 0.352 e. The molecule has 9 nitrogen and oxygen atoms in total. The number of nitrogens with zero attached hydrogens (tertiary/aromatic N) is 7. The van der Waals surface area contributed by atoms with Gasteiger partial charge in [-0.05, 0) is 43.7 Å². The van der Waals surface area contributed by atoms with Crippen molar-refractivity contribution in [3.8, 4) is 5.82 Å². The maximum Gasteiger partial charge on any atom is 0.252 e. The summed E-state index contributed by atoms with van der Waals surface area (Å²) in [5.74, 6) is 1.50. The highest BCUT2D eigenvalue weighted by molar-refractivity contribution is 5.77. The Morgan fingerprint density at radius 1 is 1.19 bits per heavy atom. The molecule has 0 atom stereocenters. The number of rotatable bonds is 5. The first kappa shape index (κ1) is 16.8. The Hall–Kier alpha value is -3.62. The van der Waals surface area contributed by atoms with Crippen molar-refractivity contribution >= 4 is 11.7 Å². The minimum absolute atomic E-state index is 0.0962. The molecule has 0 aliphatic carbocycles. The molecule has 27 heavy (non-hydrogen) atoms. The zero-order chi connectivity index (χ0) is 18.8. The van der Waals surface area contributed by atoms with E-state index < -0.39 is 0 Å². The first-order chi connectivity index (χ1) is 13.1. The van der Waals surface area contributed by atoms with Crippen molar-refractivity contribution < 1.29 is 4.79 Å². The van der Waals surface area contributed by atoms with Crippen LogP contribution in [0.25, 0.3) is 11.6 Å². The normalized spacial score (nSPS) is 11.0. The molecule has 0 radical (unpaired) electrons. The van der Waals surface area contributed by atoms with Gasteiger partial charge in [0.25, 0.3) is 5.78 Å². The van der Waals surface area contributed by atoms with Gasteiger partial charge in [-0.15, -0.1) is 5.10 Å². The van der Waals surface area contributed by atoms with E-state index in [0.29, 0.717) is 24.0 Å². The van der Waals surface area contributed by atoms with Gasteiger partial charge in [0.05, 0.1) is 6.42 Å². The van der Waals surface area contributed by atoms with Crippen LogP contribution in [0.15, 0.2) is 42.9 Å². The third-order valence-corrected chi connectivity index (χ3v) is 4.02. The van der Waals surface area contributed by atoms with Gasteiger partial charge in [-0.25, -0.2) is 19.2 Å². The molecule has 0 saturated carbocycles. The Morgan fingerprint density at radius 3 is 2.89 bits per heavy atom. The number of nitrogens with one attached hydrogen (secondary N) is 1. The summed E-state index contributed by atoms with van der Waals surface area (Å²) in [6.45, 7) is 4.22. The van der Waals surface area contributed by atoms with E-state index >= 15 is 0 Å². The molecule has 0 aromatic carbocycles. The zero-order valence-corrected chi connectivity index (χ0v) is 15.0. The lowest BCUT2D eigenvalue weighted by molar-refractivity contribution is -0.120. The van der Waals surface area contributed by atoms with Crippen LogP contribution in [-0.4, -0.2) is 40.3 Å². The van der Waals surface area contributed by atoms with E-state index in [2.05, 4.69) is 30.5 Å². The fourth-order valence-corrected chi connectivity index (χ4v) is 2.79. The molecule has 0 aliphatic rings. The lowest BCUT2D eigenvalue weighted by Crippen LogP contribution is -2.25. The molecular formula is C18H18N8O. The van der Waals surface area contributed by atoms with Gasteiger partial charge in [-0.2, -0.15) is 10.1 Å². The van der Waals surface area contributed by atoms with Crippen LogP contribution in [0.3, 0.4) is 0 Å². The lowest BCUT2D eigenvalue weighted by Gasteiger charge is -2.06. The van der Waals surface area contributed by atoms with Gasteiger partial charge in [-0.3, -0.25) is 4.79 Å². The van der Waals surface area contributed by atoms with E-state index in [1.807, 2.05) is 44.3 Å². The van der Waals surface area contributed by atoms with E-state index in [0.717, 1.165) is 17.0 Å². The highest BCUT2D eigenvalue weighted by Crippen LogP contribution is 2.07. The van der Waals surface area contributed by atoms with Gasteiger partial charge < -0.3 is 5.32 Å². The fourth-order valence-electron chi connectivity index (χ4n) is 2.79. The van der Waals surface area contributed by atoms with Crippen LogP contribution < -0.4 is 5.32 Å². The molecule has 4 aromatic heterocycles. The van der Waals surface area contributed by atoms with Gasteiger partial charge in [0, 0.05) is 36.5 Å². The van der Waals surface area contributed by atoms with Crippen molar-refractivity contribution in [3.05, 3.63) is 65.6 Å². The van der Waals surface area contributed by atoms with Gasteiger partial charge in [0.1, 0.15) is 0 Å². The number of pyridine rings is 1. The Labute approximate surface area is 155 Å². The van der Waals surface area contributed by atoms with Crippen molar-refractivity contribution in [1.82, 2.24) is 39.7 Å². The molecule has 4 aromatic rings. The van der Waals surface area contributed by atoms with Crippen molar-refractivity contribution in [3.63, 3.8) is 0 Å². The lowest BCUT2D eigenvalue weighted by atomic mass is 10.2. The quantitative estimate of drug-likeness (QED) is 0.572. The first-order valence-electron chi connectivity index (χ1n) is 8.50. The average Bonchev–Trinajstić information content (AvgIpc) is 3.30. The van der Waals surface area contributed by atoms with Crippen molar-refractivity contribution in [2.75, 3.05) is 0 Å². The Balaban J connectivity index is 1.42. The second kappa shape index (κ2) is 6.94. The van der Waals surface area contributed by atoms with E-state index in [4.69, 9.17) is 0 Å². The molecule has 0 bridgehead atoms. The van der Waals surface area contributed by atoms with Gasteiger partial charge in [0.2, 0.25) is 5.91 Å². The molecular weight excluding hydrogens is 344 g/mol. The van der Waals surface area contributed by atoms with E-state index in [-0.39, 0.29) is 12.3 Å². The molecule has 0 spiro atoms. The van der Waals surface area contributed by atoms with E-state index in [9.17, 15) is 4.79 Å². The summed E-state index contributed by atoms with van der Waals surface area (Å²) >= 11 is 0. The van der Waals surface area contributed by atoms with Crippen LogP contribution in [0.2, 0.25) is 0 Å². The Kier molecular flexibility index (Phi) is 4.33. The van der Waals surface area contributed by atoms with Crippen LogP contribution in [-0.2, 0) is 17.8 Å². The van der Waals surface area contributed by atoms with Crippen LogP contribution in [0, 0.1) is 13.8 Å². The second-order valence-corrected chi connectivity index (χ2v) is 6.21. The molecule has 0 fully saturated rings. The van der Waals surface area contributed by atoms with Gasteiger partial charge in [0.15, 0.2) is 11.6 Å². The Bertz CT molecular complexity index is 1100. The van der Waals surface area contributed by atoms with Crippen LogP contribution >= 0.6 is 0 Å². The number of hydrogen-bond acceptors (Lipinski definition) is 6. The average molecular weight is 362 g/mol. The first-order valence-corrected chi connectivity index (χ1v) is 8.50. The summed E-state index contributed by atoms with van der Waals surface area (Å²) in [6.07, 6.45) is 5.30. The third kappa shape index (κ3) is 3.66. The smallest absolute Gasteiger partial charge is 0.252 e. The fraction of sp³-hybridized carbons (Fsp3) is 0.222. The SMILES string of the molecule is Cc1cc(C)n2nc(CC(=O)NCc3ccnc(-n4cccn4)c3)nc2n1. The molecule has 9 heteroatoms. The standard InChI is InChI=1S/C18H18N8O/c1-12-8-13(2)26-18(22-12)23-15(24-26)10-17(27)20-11-14-4-6-19-16(9-14)25-7-3-5-21-25/h3-9H,10-11H2,1-2H3,(H,20,27). The molecule has 0 unspecified atom stereocenters. The Morgan fingerprint density at radius 2 is 2.07 bits per heavy atom. The number of carbonyl (C=O) groups excluding carboxylic acids is 1. The van der Waals surface area contributed by atoms with Crippen LogP contribution in [0.5, 0.6) is 0 Å². The van der Waals surface area contributed by atoms with Gasteiger partial charge >= 0.3 is 0 Å². The summed E-state index contributed by atoms with van der Waals surface area (Å²) in [7, 11) is 0. The highest BCUT2D eigenvalue weighted by atomic mass is 16.1. The molecule has 1 amide bonds. The monoisotopic (exact) mass is 362 g/mol. The zero-order valence-electron chi connectivity index (χ0n) is 15.0. The van der Waals surface area contributed by atoms with Crippen LogP contribution in [0.1, 0.15) is 22.8 Å². The molecule has 0 aliphatic heterocycles. The maximum absolute atomic E-state index is 12.3. The number of hydrogen-bond donors (Lipinski definition) is 1. The summed E-state index contributed by atoms with van der Waals surface area (Å²) in [6, 6.07) is 7.49. The third-order valence-electron chi connectivity index (χ3n) is 4.02. The molecule has 4 rings (SSSR count). The molecule has 1 N–H and O–H groups in total. The predicted molar refractivity (Wildman–Crippen MR) is 97.2 cm³/mol. The maximum atomic E-state index is 12.3. The molecule has 4 heterocycles. The number of fused-ring (bicyclic) bond motifs is 1. The minimum Gasteiger partial charge on any atom is -0.352 e. The van der Waals surface area contributed by atoms with E-state index in [1.165, 1.54) is 0 Å². The summed E-state index contributed by atoms with van der Waals surface area (Å²) in [4.78, 5) is 25.2. The van der Waals surface area contributed by atoms with Crippen molar-refractivity contribution in [1.29, 1.82) is 0 Å². The number of carbonyl (C=O) groups is 1. The number of amides is 1. The topological polar surface area (TPSA) is 103 Å². The minimum atomic E-state index is -0.155. The summed E-state index contributed by atoms with van der Waals surface area (Å²) in [5, 5.41) is 11.4. The summed E-state index contributed by atoms with van der Waals surface area (Å²) in [5.41, 5.74) is 2.73. The van der Waals surface area contributed by atoms with Crippen molar-refractivity contribution in [2.24, 2.45) is 0 Å². The number of aromatic nitrogens is 7. The van der Waals surface area contributed by atoms with Gasteiger partial charge in [-0.1, -0.05) is 0 Å². The van der Waals surface area contributed by atoms with Crippen molar-refractivity contribution in [2.45, 2.75) is 26.8 Å². The van der Waals surface area contributed by atoms with Crippen LogP contribution in [0.4, 0.5) is 0 Å². The highest BCUT2D eigenvalue weighted by Gasteiger charge is 2.12. The molecule has 136 valence electrons. The molecule has 0 saturated heterocycles. The second-order valence-electron chi connectivity index (χ2n) is 6.21. The number of aryl methyl sites for hydroxylation is 2.